The van der Waals surface area contributed by atoms with E-state index in [1.54, 1.807) is 0 Å². The van der Waals surface area contributed by atoms with Crippen molar-refractivity contribution in [3.05, 3.63) is 35.4 Å². The summed E-state index contributed by atoms with van der Waals surface area (Å²) in [6.45, 7) is 4.43. The van der Waals surface area contributed by atoms with Crippen LogP contribution in [0, 0.1) is 5.92 Å². The molecule has 0 aromatic heterocycles. The van der Waals surface area contributed by atoms with Gasteiger partial charge in [0.1, 0.15) is 4.99 Å². The number of hydrogen-bond donors (Lipinski definition) is 2. The molecule has 0 saturated carbocycles. The molecule has 0 radical (unpaired) electrons. The molecule has 1 rings (SSSR count). The van der Waals surface area contributed by atoms with Crippen LogP contribution in [0.15, 0.2) is 24.3 Å². The summed E-state index contributed by atoms with van der Waals surface area (Å²) in [5, 5.41) is 2.89. The van der Waals surface area contributed by atoms with Crippen LogP contribution in [0.1, 0.15) is 31.4 Å². The van der Waals surface area contributed by atoms with Crippen molar-refractivity contribution in [2.45, 2.75) is 26.8 Å². The van der Waals surface area contributed by atoms with Gasteiger partial charge in [-0.15, -0.1) is 0 Å². The highest BCUT2D eigenvalue weighted by Gasteiger charge is 2.09. The monoisotopic (exact) mass is 250 g/mol. The van der Waals surface area contributed by atoms with Crippen LogP contribution < -0.4 is 11.1 Å². The van der Waals surface area contributed by atoms with E-state index >= 15 is 0 Å². The first kappa shape index (κ1) is 13.6. The number of hydrogen-bond acceptors (Lipinski definition) is 2. The molecule has 1 aromatic rings. The van der Waals surface area contributed by atoms with Crippen LogP contribution in [0.5, 0.6) is 0 Å². The summed E-state index contributed by atoms with van der Waals surface area (Å²) in [4.78, 5) is 12.0. The first-order valence-corrected chi connectivity index (χ1v) is 6.12. The molecule has 4 heteroatoms. The Morgan fingerprint density at radius 3 is 2.82 bits per heavy atom. The average molecular weight is 250 g/mol. The van der Waals surface area contributed by atoms with Gasteiger partial charge < -0.3 is 11.1 Å². The molecule has 3 N–H and O–H groups in total. The lowest BCUT2D eigenvalue weighted by molar-refractivity contribution is -0.124. The quantitative estimate of drug-likeness (QED) is 0.786. The van der Waals surface area contributed by atoms with Crippen LogP contribution in [0.4, 0.5) is 0 Å². The van der Waals surface area contributed by atoms with Crippen LogP contribution >= 0.6 is 12.2 Å². The normalized spacial score (nSPS) is 11.9. The molecule has 1 unspecified atom stereocenters. The van der Waals surface area contributed by atoms with Crippen LogP contribution in [-0.4, -0.2) is 10.9 Å². The number of nitrogens with two attached hydrogens (primary N) is 1. The Labute approximate surface area is 107 Å². The summed E-state index contributed by atoms with van der Waals surface area (Å²) < 4.78 is 0. The van der Waals surface area contributed by atoms with Crippen LogP contribution in [0.3, 0.4) is 0 Å². The molecule has 0 spiro atoms. The van der Waals surface area contributed by atoms with Gasteiger partial charge in [0, 0.05) is 18.0 Å². The number of amides is 1. The third kappa shape index (κ3) is 4.15. The molecule has 0 aliphatic heterocycles. The molecule has 0 aliphatic carbocycles. The largest absolute Gasteiger partial charge is 0.389 e. The van der Waals surface area contributed by atoms with Crippen molar-refractivity contribution in [3.8, 4) is 0 Å². The van der Waals surface area contributed by atoms with Gasteiger partial charge in [-0.2, -0.15) is 0 Å². The molecule has 0 saturated heterocycles. The van der Waals surface area contributed by atoms with E-state index in [-0.39, 0.29) is 11.8 Å². The zero-order valence-corrected chi connectivity index (χ0v) is 11.0. The second-order valence-corrected chi connectivity index (χ2v) is 4.53. The van der Waals surface area contributed by atoms with Crippen molar-refractivity contribution >= 4 is 23.1 Å². The maximum absolute atomic E-state index is 11.6. The number of rotatable bonds is 5. The predicted octanol–water partition coefficient (Wildman–Crippen LogP) is 1.98. The zero-order valence-electron chi connectivity index (χ0n) is 10.2. The molecule has 0 heterocycles. The second kappa shape index (κ2) is 6.35. The van der Waals surface area contributed by atoms with E-state index in [9.17, 15) is 4.79 Å². The Morgan fingerprint density at radius 1 is 1.53 bits per heavy atom. The first-order valence-electron chi connectivity index (χ1n) is 5.71. The Kier molecular flexibility index (Phi) is 5.10. The van der Waals surface area contributed by atoms with E-state index < -0.39 is 0 Å². The highest BCUT2D eigenvalue weighted by molar-refractivity contribution is 7.80. The smallest absolute Gasteiger partial charge is 0.223 e. The van der Waals surface area contributed by atoms with Gasteiger partial charge >= 0.3 is 0 Å². The Morgan fingerprint density at radius 2 is 2.24 bits per heavy atom. The molecule has 3 nitrogen and oxygen atoms in total. The van der Waals surface area contributed by atoms with Crippen LogP contribution in [-0.2, 0) is 11.3 Å². The fourth-order valence-electron chi connectivity index (χ4n) is 1.38. The van der Waals surface area contributed by atoms with E-state index in [0.29, 0.717) is 11.5 Å². The van der Waals surface area contributed by atoms with Gasteiger partial charge in [-0.25, -0.2) is 0 Å². The van der Waals surface area contributed by atoms with Gasteiger partial charge in [-0.1, -0.05) is 44.3 Å². The molecular weight excluding hydrogens is 232 g/mol. The van der Waals surface area contributed by atoms with E-state index in [2.05, 4.69) is 5.32 Å². The first-order chi connectivity index (χ1) is 8.04. The van der Waals surface area contributed by atoms with Crippen molar-refractivity contribution in [1.29, 1.82) is 0 Å². The number of carbonyl (C=O) groups is 1. The fraction of sp³-hybridized carbons (Fsp3) is 0.385. The van der Waals surface area contributed by atoms with Gasteiger partial charge in [0.2, 0.25) is 5.91 Å². The zero-order chi connectivity index (χ0) is 12.8. The Bertz CT molecular complexity index is 418. The molecule has 1 atom stereocenters. The summed E-state index contributed by atoms with van der Waals surface area (Å²) in [6, 6.07) is 7.60. The summed E-state index contributed by atoms with van der Waals surface area (Å²) in [5.41, 5.74) is 7.39. The van der Waals surface area contributed by atoms with Crippen LogP contribution in [0.25, 0.3) is 0 Å². The van der Waals surface area contributed by atoms with Crippen molar-refractivity contribution in [2.24, 2.45) is 11.7 Å². The summed E-state index contributed by atoms with van der Waals surface area (Å²) in [6.07, 6.45) is 0.846. The third-order valence-corrected chi connectivity index (χ3v) is 2.97. The van der Waals surface area contributed by atoms with E-state index in [0.717, 1.165) is 17.5 Å². The van der Waals surface area contributed by atoms with E-state index in [4.69, 9.17) is 18.0 Å². The lowest BCUT2D eigenvalue weighted by Crippen LogP contribution is -2.28. The minimum atomic E-state index is 0.0498. The minimum absolute atomic E-state index is 0.0498. The predicted molar refractivity (Wildman–Crippen MR) is 73.6 cm³/mol. The molecule has 0 fully saturated rings. The van der Waals surface area contributed by atoms with Crippen molar-refractivity contribution in [3.63, 3.8) is 0 Å². The van der Waals surface area contributed by atoms with Crippen molar-refractivity contribution in [2.75, 3.05) is 0 Å². The SMILES string of the molecule is CCC(C)C(=O)NCc1cccc(C(N)=S)c1. The van der Waals surface area contributed by atoms with Gasteiger partial charge in [-0.05, 0) is 18.1 Å². The Balaban J connectivity index is 2.60. The minimum Gasteiger partial charge on any atom is -0.389 e. The fourth-order valence-corrected chi connectivity index (χ4v) is 1.51. The summed E-state index contributed by atoms with van der Waals surface area (Å²) in [7, 11) is 0. The molecule has 92 valence electrons. The lowest BCUT2D eigenvalue weighted by atomic mass is 10.1. The van der Waals surface area contributed by atoms with Crippen molar-refractivity contribution in [1.82, 2.24) is 5.32 Å². The summed E-state index contributed by atoms with van der Waals surface area (Å²) >= 11 is 4.91. The molecule has 0 bridgehead atoms. The van der Waals surface area contributed by atoms with E-state index in [1.165, 1.54) is 0 Å². The number of thiocarbonyl (C=S) groups is 1. The third-order valence-electron chi connectivity index (χ3n) is 2.74. The standard InChI is InChI=1S/C13H18N2OS/c1-3-9(2)13(16)15-8-10-5-4-6-11(7-10)12(14)17/h4-7,9H,3,8H2,1-2H3,(H2,14,17)(H,15,16). The number of nitrogens with one attached hydrogen (secondary N) is 1. The molecule has 1 amide bonds. The summed E-state index contributed by atoms with van der Waals surface area (Å²) in [5.74, 6) is 0.127. The van der Waals surface area contributed by atoms with E-state index in [1.807, 2.05) is 38.1 Å². The highest BCUT2D eigenvalue weighted by Crippen LogP contribution is 2.06. The molecule has 17 heavy (non-hydrogen) atoms. The molecular formula is C13H18N2OS. The van der Waals surface area contributed by atoms with Gasteiger partial charge in [0.05, 0.1) is 0 Å². The lowest BCUT2D eigenvalue weighted by Gasteiger charge is -2.10. The number of benzene rings is 1. The second-order valence-electron chi connectivity index (χ2n) is 4.09. The van der Waals surface area contributed by atoms with Crippen molar-refractivity contribution < 1.29 is 4.79 Å². The maximum atomic E-state index is 11.6. The van der Waals surface area contributed by atoms with Gasteiger partial charge in [-0.3, -0.25) is 4.79 Å². The number of carbonyl (C=O) groups excluding carboxylic acids is 1. The highest BCUT2D eigenvalue weighted by atomic mass is 32.1. The molecule has 0 aliphatic rings. The van der Waals surface area contributed by atoms with Gasteiger partial charge in [0.25, 0.3) is 0 Å². The molecule has 1 aromatic carbocycles. The van der Waals surface area contributed by atoms with Gasteiger partial charge in [0.15, 0.2) is 0 Å². The Hall–Kier alpha value is -1.42. The average Bonchev–Trinajstić information content (AvgIpc) is 2.35. The van der Waals surface area contributed by atoms with Crippen LogP contribution in [0.2, 0.25) is 0 Å². The maximum Gasteiger partial charge on any atom is 0.223 e. The topological polar surface area (TPSA) is 55.1 Å².